The van der Waals surface area contributed by atoms with Crippen molar-refractivity contribution in [2.24, 2.45) is 5.73 Å². The summed E-state index contributed by atoms with van der Waals surface area (Å²) >= 11 is 0. The zero-order chi connectivity index (χ0) is 18.9. The van der Waals surface area contributed by atoms with Crippen molar-refractivity contribution in [1.82, 2.24) is 9.47 Å². The normalized spacial score (nSPS) is 15.3. The second-order valence-corrected chi connectivity index (χ2v) is 7.24. The minimum atomic E-state index is 0.0915. The van der Waals surface area contributed by atoms with E-state index >= 15 is 0 Å². The zero-order valence-corrected chi connectivity index (χ0v) is 16.2. The summed E-state index contributed by atoms with van der Waals surface area (Å²) in [6.45, 7) is 6.44. The van der Waals surface area contributed by atoms with Crippen molar-refractivity contribution in [3.8, 4) is 0 Å². The molecule has 1 aliphatic rings. The van der Waals surface area contributed by atoms with Crippen molar-refractivity contribution in [2.45, 2.75) is 38.6 Å². The fourth-order valence-corrected chi connectivity index (χ4v) is 3.55. The molecular formula is C21H32N4O2. The predicted molar refractivity (Wildman–Crippen MR) is 110 cm³/mol. The third-order valence-electron chi connectivity index (χ3n) is 5.17. The van der Waals surface area contributed by atoms with Crippen LogP contribution >= 0.6 is 0 Å². The summed E-state index contributed by atoms with van der Waals surface area (Å²) in [5.74, 6) is 0.0915. The van der Waals surface area contributed by atoms with Crippen molar-refractivity contribution in [3.63, 3.8) is 0 Å². The first-order valence-electron chi connectivity index (χ1n) is 10.2. The molecule has 1 saturated heterocycles. The van der Waals surface area contributed by atoms with Crippen LogP contribution < -0.4 is 11.1 Å². The van der Waals surface area contributed by atoms with Crippen LogP contribution in [0.15, 0.2) is 30.5 Å². The molecule has 2 heterocycles. The average molecular weight is 373 g/mol. The van der Waals surface area contributed by atoms with Gasteiger partial charge < -0.3 is 20.4 Å². The van der Waals surface area contributed by atoms with E-state index in [0.29, 0.717) is 6.42 Å². The van der Waals surface area contributed by atoms with Crippen LogP contribution in [0.5, 0.6) is 0 Å². The van der Waals surface area contributed by atoms with Gasteiger partial charge in [-0.05, 0) is 43.7 Å². The molecule has 0 unspecified atom stereocenters. The Labute approximate surface area is 161 Å². The van der Waals surface area contributed by atoms with E-state index in [1.54, 1.807) is 0 Å². The number of fused-ring (bicyclic) bond motifs is 1. The summed E-state index contributed by atoms with van der Waals surface area (Å²) in [6.07, 6.45) is 6.84. The number of unbranched alkanes of at least 4 members (excludes halogenated alkanes) is 3. The molecule has 1 fully saturated rings. The van der Waals surface area contributed by atoms with E-state index in [4.69, 9.17) is 10.5 Å². The molecule has 6 nitrogen and oxygen atoms in total. The van der Waals surface area contributed by atoms with Gasteiger partial charge in [0, 0.05) is 55.4 Å². The zero-order valence-electron chi connectivity index (χ0n) is 16.2. The fraction of sp³-hybridized carbons (Fsp3) is 0.571. The number of hydrogen-bond acceptors (Lipinski definition) is 4. The van der Waals surface area contributed by atoms with E-state index in [2.05, 4.69) is 39.2 Å². The molecular weight excluding hydrogens is 340 g/mol. The first kappa shape index (κ1) is 19.9. The first-order valence-corrected chi connectivity index (χ1v) is 10.2. The molecule has 0 aliphatic carbocycles. The van der Waals surface area contributed by atoms with Gasteiger partial charge in [0.2, 0.25) is 5.91 Å². The predicted octanol–water partition coefficient (Wildman–Crippen LogP) is 2.82. The quantitative estimate of drug-likeness (QED) is 0.629. The Balaban J connectivity index is 1.49. The number of nitrogens with zero attached hydrogens (tertiary/aromatic N) is 2. The molecule has 0 spiro atoms. The van der Waals surface area contributed by atoms with Crippen LogP contribution in [-0.2, 0) is 16.1 Å². The van der Waals surface area contributed by atoms with Gasteiger partial charge in [0.15, 0.2) is 0 Å². The molecule has 0 saturated carbocycles. The molecule has 0 bridgehead atoms. The Hall–Kier alpha value is -1.89. The van der Waals surface area contributed by atoms with Crippen molar-refractivity contribution in [1.29, 1.82) is 0 Å². The van der Waals surface area contributed by atoms with Crippen LogP contribution in [0.3, 0.4) is 0 Å². The Morgan fingerprint density at radius 1 is 1.07 bits per heavy atom. The third kappa shape index (κ3) is 6.06. The molecule has 0 atom stereocenters. The molecule has 2 aromatic rings. The topological polar surface area (TPSA) is 72.5 Å². The third-order valence-corrected chi connectivity index (χ3v) is 5.17. The maximum Gasteiger partial charge on any atom is 0.224 e. The van der Waals surface area contributed by atoms with E-state index in [-0.39, 0.29) is 5.91 Å². The fourth-order valence-electron chi connectivity index (χ4n) is 3.55. The Kier molecular flexibility index (Phi) is 7.68. The van der Waals surface area contributed by atoms with Gasteiger partial charge in [-0.2, -0.15) is 0 Å². The van der Waals surface area contributed by atoms with E-state index < -0.39 is 0 Å². The van der Waals surface area contributed by atoms with Gasteiger partial charge in [-0.3, -0.25) is 9.69 Å². The smallest absolute Gasteiger partial charge is 0.224 e. The summed E-state index contributed by atoms with van der Waals surface area (Å²) < 4.78 is 7.69. The monoisotopic (exact) mass is 372 g/mol. The SMILES string of the molecule is NCCCCCCC(=O)Nc1ccc2c(ccn2CCN2CCOCC2)c1. The molecule has 1 amide bonds. The maximum absolute atomic E-state index is 12.1. The number of carbonyl (C=O) groups is 1. The number of rotatable bonds is 10. The number of hydrogen-bond donors (Lipinski definition) is 2. The summed E-state index contributed by atoms with van der Waals surface area (Å²) in [7, 11) is 0. The second-order valence-electron chi connectivity index (χ2n) is 7.24. The van der Waals surface area contributed by atoms with Crippen LogP contribution in [0.2, 0.25) is 0 Å². The minimum Gasteiger partial charge on any atom is -0.379 e. The Bertz CT molecular complexity index is 722. The number of ether oxygens (including phenoxy) is 1. The molecule has 3 N–H and O–H groups in total. The highest BCUT2D eigenvalue weighted by Crippen LogP contribution is 2.21. The van der Waals surface area contributed by atoms with Crippen LogP contribution in [-0.4, -0.2) is 54.8 Å². The maximum atomic E-state index is 12.1. The molecule has 0 radical (unpaired) electrons. The first-order chi connectivity index (χ1) is 13.3. The number of aromatic nitrogens is 1. The van der Waals surface area contributed by atoms with Crippen molar-refractivity contribution in [3.05, 3.63) is 30.5 Å². The number of nitrogens with one attached hydrogen (secondary N) is 1. The molecule has 1 aromatic heterocycles. The summed E-state index contributed by atoms with van der Waals surface area (Å²) in [5, 5.41) is 4.19. The second kappa shape index (κ2) is 10.4. The van der Waals surface area contributed by atoms with Crippen LogP contribution in [0.25, 0.3) is 10.9 Å². The largest absolute Gasteiger partial charge is 0.379 e. The molecule has 1 aliphatic heterocycles. The highest BCUT2D eigenvalue weighted by molar-refractivity contribution is 5.93. The number of anilines is 1. The lowest BCUT2D eigenvalue weighted by Gasteiger charge is -2.26. The number of amides is 1. The standard InChI is InChI=1S/C21H32N4O2/c22-9-4-2-1-3-5-21(26)23-19-6-7-20-18(17-19)8-10-25(20)12-11-24-13-15-27-16-14-24/h6-8,10,17H,1-5,9,11-16,22H2,(H,23,26). The van der Waals surface area contributed by atoms with Gasteiger partial charge >= 0.3 is 0 Å². The Morgan fingerprint density at radius 2 is 1.89 bits per heavy atom. The molecule has 148 valence electrons. The van der Waals surface area contributed by atoms with Gasteiger partial charge in [-0.15, -0.1) is 0 Å². The van der Waals surface area contributed by atoms with E-state index in [9.17, 15) is 4.79 Å². The molecule has 1 aromatic carbocycles. The Morgan fingerprint density at radius 3 is 2.70 bits per heavy atom. The van der Waals surface area contributed by atoms with Gasteiger partial charge in [0.1, 0.15) is 0 Å². The van der Waals surface area contributed by atoms with Gasteiger partial charge in [-0.1, -0.05) is 12.8 Å². The van der Waals surface area contributed by atoms with E-state index in [1.807, 2.05) is 6.07 Å². The highest BCUT2D eigenvalue weighted by atomic mass is 16.5. The van der Waals surface area contributed by atoms with Crippen molar-refractivity contribution < 1.29 is 9.53 Å². The van der Waals surface area contributed by atoms with E-state index in [1.165, 1.54) is 5.52 Å². The summed E-state index contributed by atoms with van der Waals surface area (Å²) in [6, 6.07) is 8.29. The van der Waals surface area contributed by atoms with Crippen LogP contribution in [0.4, 0.5) is 5.69 Å². The molecule has 3 rings (SSSR count). The van der Waals surface area contributed by atoms with Gasteiger partial charge in [-0.25, -0.2) is 0 Å². The van der Waals surface area contributed by atoms with Crippen LogP contribution in [0.1, 0.15) is 32.1 Å². The minimum absolute atomic E-state index is 0.0915. The lowest BCUT2D eigenvalue weighted by atomic mass is 10.1. The summed E-state index contributed by atoms with van der Waals surface area (Å²) in [4.78, 5) is 14.5. The molecule has 27 heavy (non-hydrogen) atoms. The number of morpholine rings is 1. The van der Waals surface area contributed by atoms with Gasteiger partial charge in [0.05, 0.1) is 13.2 Å². The van der Waals surface area contributed by atoms with Crippen molar-refractivity contribution >= 4 is 22.5 Å². The van der Waals surface area contributed by atoms with E-state index in [0.717, 1.165) is 82.7 Å². The molecule has 6 heteroatoms. The highest BCUT2D eigenvalue weighted by Gasteiger charge is 2.11. The number of carbonyl (C=O) groups excluding carboxylic acids is 1. The average Bonchev–Trinajstić information content (AvgIpc) is 3.09. The van der Waals surface area contributed by atoms with Crippen LogP contribution in [0, 0.1) is 0 Å². The number of benzene rings is 1. The van der Waals surface area contributed by atoms with Crippen molar-refractivity contribution in [2.75, 3.05) is 44.7 Å². The lowest BCUT2D eigenvalue weighted by Crippen LogP contribution is -2.38. The van der Waals surface area contributed by atoms with Gasteiger partial charge in [0.25, 0.3) is 0 Å². The lowest BCUT2D eigenvalue weighted by molar-refractivity contribution is -0.116. The number of nitrogens with two attached hydrogens (primary N) is 1. The summed E-state index contributed by atoms with van der Waals surface area (Å²) in [5.41, 5.74) is 7.57.